The van der Waals surface area contributed by atoms with E-state index in [1.54, 1.807) is 18.2 Å². The van der Waals surface area contributed by atoms with Gasteiger partial charge in [-0.1, -0.05) is 30.4 Å². The van der Waals surface area contributed by atoms with Crippen LogP contribution in [-0.2, 0) is 14.3 Å². The smallest absolute Gasteiger partial charge is 0.310 e. The molecule has 0 amide bonds. The lowest BCUT2D eigenvalue weighted by molar-refractivity contribution is -0.160. The number of carbonyl (C=O) groups excluding carboxylic acids is 1. The fraction of sp³-hybridized carbons (Fsp3) is 0.444. The Labute approximate surface area is 140 Å². The van der Waals surface area contributed by atoms with Crippen molar-refractivity contribution in [2.45, 2.75) is 25.9 Å². The number of allylic oxidation sites excluding steroid dienone is 2. The molecular weight excluding hydrogens is 312 g/mol. The van der Waals surface area contributed by atoms with E-state index in [0.29, 0.717) is 18.6 Å². The molecule has 0 heterocycles. The largest absolute Gasteiger partial charge is 0.490 e. The standard InChI is InChI=1S/C18H22O6/c1-12-6-2-5-9-16(12)23-10-13(19)11-24-18(22)15-8-4-3-7-14(15)17(20)21/h2-6,9,13-15,19H,7-8,10-11H2,1H3,(H,20,21). The Hall–Kier alpha value is -2.34. The van der Waals surface area contributed by atoms with E-state index in [1.807, 2.05) is 25.1 Å². The number of carboxylic acids is 1. The minimum atomic E-state index is -1.01. The summed E-state index contributed by atoms with van der Waals surface area (Å²) in [7, 11) is 0. The molecule has 130 valence electrons. The van der Waals surface area contributed by atoms with Crippen molar-refractivity contribution in [3.63, 3.8) is 0 Å². The first-order valence-corrected chi connectivity index (χ1v) is 7.90. The van der Waals surface area contributed by atoms with Gasteiger partial charge in [0.2, 0.25) is 0 Å². The number of esters is 1. The Morgan fingerprint density at radius 3 is 2.50 bits per heavy atom. The third kappa shape index (κ3) is 4.83. The second-order valence-corrected chi connectivity index (χ2v) is 5.85. The lowest BCUT2D eigenvalue weighted by Crippen LogP contribution is -2.34. The van der Waals surface area contributed by atoms with Crippen molar-refractivity contribution < 1.29 is 29.3 Å². The van der Waals surface area contributed by atoms with Crippen LogP contribution < -0.4 is 4.74 Å². The van der Waals surface area contributed by atoms with Crippen LogP contribution in [0.15, 0.2) is 36.4 Å². The van der Waals surface area contributed by atoms with Gasteiger partial charge in [0.15, 0.2) is 0 Å². The van der Waals surface area contributed by atoms with E-state index >= 15 is 0 Å². The van der Waals surface area contributed by atoms with Gasteiger partial charge in [0.05, 0.1) is 11.8 Å². The summed E-state index contributed by atoms with van der Waals surface area (Å²) < 4.78 is 10.6. The Balaban J connectivity index is 1.79. The maximum atomic E-state index is 12.1. The number of aryl methyl sites for hydroxylation is 1. The van der Waals surface area contributed by atoms with Crippen LogP contribution in [0.4, 0.5) is 0 Å². The van der Waals surface area contributed by atoms with Crippen molar-refractivity contribution in [3.05, 3.63) is 42.0 Å². The minimum absolute atomic E-state index is 0.00887. The molecule has 0 saturated carbocycles. The third-order valence-corrected chi connectivity index (χ3v) is 4.00. The first kappa shape index (κ1) is 18.0. The van der Waals surface area contributed by atoms with Crippen molar-refractivity contribution in [2.75, 3.05) is 13.2 Å². The van der Waals surface area contributed by atoms with E-state index in [2.05, 4.69) is 0 Å². The zero-order valence-corrected chi connectivity index (χ0v) is 13.6. The fourth-order valence-electron chi connectivity index (χ4n) is 2.59. The average Bonchev–Trinajstić information content (AvgIpc) is 2.59. The molecular formula is C18H22O6. The number of aliphatic carboxylic acids is 1. The second kappa shape index (κ2) is 8.49. The number of rotatable bonds is 7. The average molecular weight is 334 g/mol. The minimum Gasteiger partial charge on any atom is -0.490 e. The lowest BCUT2D eigenvalue weighted by Gasteiger charge is -2.24. The van der Waals surface area contributed by atoms with E-state index < -0.39 is 29.9 Å². The predicted octanol–water partition coefficient (Wildman–Crippen LogP) is 1.94. The van der Waals surface area contributed by atoms with Gasteiger partial charge in [-0.05, 0) is 31.4 Å². The number of carboxylic acid groups (broad SMARTS) is 1. The highest BCUT2D eigenvalue weighted by Gasteiger charge is 2.35. The molecule has 24 heavy (non-hydrogen) atoms. The predicted molar refractivity (Wildman–Crippen MR) is 86.6 cm³/mol. The molecule has 1 aromatic carbocycles. The highest BCUT2D eigenvalue weighted by Crippen LogP contribution is 2.27. The van der Waals surface area contributed by atoms with E-state index in [-0.39, 0.29) is 13.2 Å². The zero-order valence-electron chi connectivity index (χ0n) is 13.6. The van der Waals surface area contributed by atoms with Crippen molar-refractivity contribution in [1.29, 1.82) is 0 Å². The highest BCUT2D eigenvalue weighted by molar-refractivity contribution is 5.81. The Kier molecular flexibility index (Phi) is 6.37. The van der Waals surface area contributed by atoms with E-state index in [4.69, 9.17) is 14.6 Å². The van der Waals surface area contributed by atoms with Crippen LogP contribution >= 0.6 is 0 Å². The number of ether oxygens (including phenoxy) is 2. The number of aliphatic hydroxyl groups excluding tert-OH is 1. The van der Waals surface area contributed by atoms with Crippen molar-refractivity contribution in [2.24, 2.45) is 11.8 Å². The van der Waals surface area contributed by atoms with Crippen LogP contribution in [0.2, 0.25) is 0 Å². The van der Waals surface area contributed by atoms with Gasteiger partial charge in [-0.3, -0.25) is 9.59 Å². The van der Waals surface area contributed by atoms with Gasteiger partial charge < -0.3 is 19.7 Å². The molecule has 0 aliphatic heterocycles. The number of carbonyl (C=O) groups is 2. The van der Waals surface area contributed by atoms with Gasteiger partial charge >= 0.3 is 11.9 Å². The third-order valence-electron chi connectivity index (χ3n) is 4.00. The molecule has 2 N–H and O–H groups in total. The Morgan fingerprint density at radius 1 is 1.17 bits per heavy atom. The van der Waals surface area contributed by atoms with E-state index in [1.165, 1.54) is 0 Å². The zero-order chi connectivity index (χ0) is 17.5. The summed E-state index contributed by atoms with van der Waals surface area (Å²) in [4.78, 5) is 23.3. The monoisotopic (exact) mass is 334 g/mol. The molecule has 2 rings (SSSR count). The van der Waals surface area contributed by atoms with Crippen molar-refractivity contribution in [3.8, 4) is 5.75 Å². The molecule has 0 aromatic heterocycles. The van der Waals surface area contributed by atoms with Gasteiger partial charge in [-0.15, -0.1) is 0 Å². The molecule has 0 bridgehead atoms. The summed E-state index contributed by atoms with van der Waals surface area (Å²) in [5.41, 5.74) is 0.944. The van der Waals surface area contributed by atoms with E-state index in [0.717, 1.165) is 5.56 Å². The summed E-state index contributed by atoms with van der Waals surface area (Å²) in [6.07, 6.45) is 3.21. The normalized spacial score (nSPS) is 21.1. The molecule has 6 heteroatoms. The van der Waals surface area contributed by atoms with Crippen LogP contribution in [0.25, 0.3) is 0 Å². The van der Waals surface area contributed by atoms with Crippen LogP contribution in [0.5, 0.6) is 5.75 Å². The molecule has 3 atom stereocenters. The maximum Gasteiger partial charge on any atom is 0.310 e. The second-order valence-electron chi connectivity index (χ2n) is 5.85. The summed E-state index contributed by atoms with van der Waals surface area (Å²) >= 11 is 0. The number of para-hydroxylation sites is 1. The van der Waals surface area contributed by atoms with Crippen molar-refractivity contribution >= 4 is 11.9 Å². The van der Waals surface area contributed by atoms with Crippen LogP contribution in [-0.4, -0.2) is 41.5 Å². The first-order valence-electron chi connectivity index (χ1n) is 7.90. The van der Waals surface area contributed by atoms with Gasteiger partial charge in [0, 0.05) is 0 Å². The lowest BCUT2D eigenvalue weighted by atomic mass is 9.83. The molecule has 1 aliphatic carbocycles. The summed E-state index contributed by atoms with van der Waals surface area (Å²) in [6.45, 7) is 1.66. The SMILES string of the molecule is Cc1ccccc1OCC(O)COC(=O)C1CC=CCC1C(=O)O. The molecule has 6 nitrogen and oxygen atoms in total. The van der Waals surface area contributed by atoms with Crippen molar-refractivity contribution in [1.82, 2.24) is 0 Å². The molecule has 0 spiro atoms. The molecule has 0 fully saturated rings. The quantitative estimate of drug-likeness (QED) is 0.585. The summed E-state index contributed by atoms with van der Waals surface area (Å²) in [5, 5.41) is 19.1. The van der Waals surface area contributed by atoms with Crippen LogP contribution in [0.1, 0.15) is 18.4 Å². The Bertz CT molecular complexity index is 609. The maximum absolute atomic E-state index is 12.1. The number of hydrogen-bond donors (Lipinski definition) is 2. The molecule has 0 radical (unpaired) electrons. The van der Waals surface area contributed by atoms with Gasteiger partial charge in [-0.25, -0.2) is 0 Å². The highest BCUT2D eigenvalue weighted by atomic mass is 16.5. The van der Waals surface area contributed by atoms with Crippen LogP contribution in [0.3, 0.4) is 0 Å². The number of benzene rings is 1. The molecule has 3 unspecified atom stereocenters. The summed E-state index contributed by atoms with van der Waals surface area (Å²) in [6, 6.07) is 7.40. The number of hydrogen-bond acceptors (Lipinski definition) is 5. The van der Waals surface area contributed by atoms with Gasteiger partial charge in [-0.2, -0.15) is 0 Å². The van der Waals surface area contributed by atoms with Crippen LogP contribution in [0, 0.1) is 18.8 Å². The Morgan fingerprint density at radius 2 is 1.83 bits per heavy atom. The number of aliphatic hydroxyl groups is 1. The molecule has 1 aromatic rings. The fourth-order valence-corrected chi connectivity index (χ4v) is 2.59. The molecule has 1 aliphatic rings. The van der Waals surface area contributed by atoms with Gasteiger partial charge in [0.1, 0.15) is 25.1 Å². The topological polar surface area (TPSA) is 93.1 Å². The molecule has 0 saturated heterocycles. The van der Waals surface area contributed by atoms with Gasteiger partial charge in [0.25, 0.3) is 0 Å². The first-order chi connectivity index (χ1) is 11.5. The van der Waals surface area contributed by atoms with E-state index in [9.17, 15) is 14.7 Å². The summed E-state index contributed by atoms with van der Waals surface area (Å²) in [5.74, 6) is -2.43.